The number of carbonyl (C=O) groups is 1. The minimum Gasteiger partial charge on any atom is -0.504 e. The van der Waals surface area contributed by atoms with E-state index < -0.39 is 0 Å². The van der Waals surface area contributed by atoms with Crippen molar-refractivity contribution in [1.29, 1.82) is 0 Å². The molecule has 0 bridgehead atoms. The van der Waals surface area contributed by atoms with Crippen molar-refractivity contribution in [3.05, 3.63) is 53.6 Å². The highest BCUT2D eigenvalue weighted by Crippen LogP contribution is 2.25. The zero-order valence-corrected chi connectivity index (χ0v) is 14.9. The van der Waals surface area contributed by atoms with Gasteiger partial charge in [0.05, 0.1) is 26.2 Å². The number of hydrazone groups is 1. The lowest BCUT2D eigenvalue weighted by Gasteiger charge is -2.04. The first kappa shape index (κ1) is 18.7. The molecular formula is C18H20N2O4S. The number of carbonyl (C=O) groups excluding carboxylic acids is 1. The Morgan fingerprint density at radius 1 is 1.20 bits per heavy atom. The largest absolute Gasteiger partial charge is 0.504 e. The number of ether oxygens (including phenoxy) is 2. The fraction of sp³-hybridized carbons (Fsp3) is 0.222. The summed E-state index contributed by atoms with van der Waals surface area (Å²) in [6.07, 6.45) is 1.49. The van der Waals surface area contributed by atoms with E-state index in [9.17, 15) is 9.90 Å². The Morgan fingerprint density at radius 3 is 2.64 bits per heavy atom. The first-order chi connectivity index (χ1) is 12.1. The van der Waals surface area contributed by atoms with Crippen molar-refractivity contribution >= 4 is 23.9 Å². The monoisotopic (exact) mass is 360 g/mol. The fourth-order valence-corrected chi connectivity index (χ4v) is 2.75. The van der Waals surface area contributed by atoms with Crippen LogP contribution in [0.5, 0.6) is 17.2 Å². The second-order valence-electron chi connectivity index (χ2n) is 5.07. The smallest absolute Gasteiger partial charge is 0.250 e. The van der Waals surface area contributed by atoms with Crippen LogP contribution in [-0.4, -0.2) is 37.2 Å². The molecule has 0 atom stereocenters. The molecule has 0 fully saturated rings. The van der Waals surface area contributed by atoms with Crippen LogP contribution in [0, 0.1) is 0 Å². The van der Waals surface area contributed by atoms with Crippen molar-refractivity contribution in [2.45, 2.75) is 5.75 Å². The SMILES string of the molecule is COc1ccc(CSCC(=O)N/N=C\c2ccc(O)c(OC)c2)cc1. The van der Waals surface area contributed by atoms with E-state index in [0.717, 1.165) is 17.1 Å². The normalized spacial score (nSPS) is 10.6. The molecule has 0 saturated heterocycles. The van der Waals surface area contributed by atoms with Gasteiger partial charge in [0.2, 0.25) is 5.91 Å². The number of methoxy groups -OCH3 is 2. The molecule has 0 saturated carbocycles. The van der Waals surface area contributed by atoms with Crippen molar-refractivity contribution < 1.29 is 19.4 Å². The number of rotatable bonds is 8. The Hall–Kier alpha value is -2.67. The number of phenolic OH excluding ortho intramolecular Hbond substituents is 1. The molecule has 132 valence electrons. The highest BCUT2D eigenvalue weighted by molar-refractivity contribution is 7.99. The molecule has 1 amide bonds. The van der Waals surface area contributed by atoms with E-state index >= 15 is 0 Å². The summed E-state index contributed by atoms with van der Waals surface area (Å²) in [6, 6.07) is 12.5. The van der Waals surface area contributed by atoms with Crippen LogP contribution >= 0.6 is 11.8 Å². The van der Waals surface area contributed by atoms with Gasteiger partial charge in [0.25, 0.3) is 0 Å². The Kier molecular flexibility index (Phi) is 7.16. The summed E-state index contributed by atoms with van der Waals surface area (Å²) in [4.78, 5) is 11.8. The van der Waals surface area contributed by atoms with Gasteiger partial charge in [-0.3, -0.25) is 4.79 Å². The first-order valence-corrected chi connectivity index (χ1v) is 8.67. The Labute approximate surface area is 150 Å². The number of phenols is 1. The van der Waals surface area contributed by atoms with Gasteiger partial charge in [0, 0.05) is 5.75 Å². The second kappa shape index (κ2) is 9.58. The Morgan fingerprint density at radius 2 is 1.96 bits per heavy atom. The van der Waals surface area contributed by atoms with Gasteiger partial charge in [-0.05, 0) is 41.5 Å². The molecule has 0 aliphatic carbocycles. The summed E-state index contributed by atoms with van der Waals surface area (Å²) in [7, 11) is 3.10. The van der Waals surface area contributed by atoms with Gasteiger partial charge in [-0.1, -0.05) is 12.1 Å². The Balaban J connectivity index is 1.74. The molecule has 0 aliphatic heterocycles. The van der Waals surface area contributed by atoms with Crippen LogP contribution in [-0.2, 0) is 10.5 Å². The molecule has 2 rings (SSSR count). The summed E-state index contributed by atoms with van der Waals surface area (Å²) in [5, 5.41) is 13.4. The third kappa shape index (κ3) is 6.04. The maximum Gasteiger partial charge on any atom is 0.250 e. The van der Waals surface area contributed by atoms with Crippen molar-refractivity contribution in [3.63, 3.8) is 0 Å². The van der Waals surface area contributed by atoms with Gasteiger partial charge in [-0.15, -0.1) is 11.8 Å². The summed E-state index contributed by atoms with van der Waals surface area (Å²) < 4.78 is 10.1. The molecule has 0 spiro atoms. The molecule has 2 aromatic rings. The van der Waals surface area contributed by atoms with Crippen molar-refractivity contribution in [2.75, 3.05) is 20.0 Å². The van der Waals surface area contributed by atoms with Crippen LogP contribution < -0.4 is 14.9 Å². The first-order valence-electron chi connectivity index (χ1n) is 7.52. The number of amides is 1. The second-order valence-corrected chi connectivity index (χ2v) is 6.05. The lowest BCUT2D eigenvalue weighted by Crippen LogP contribution is -2.19. The molecule has 7 heteroatoms. The van der Waals surface area contributed by atoms with E-state index in [1.165, 1.54) is 31.2 Å². The number of nitrogens with zero attached hydrogens (tertiary/aromatic N) is 1. The van der Waals surface area contributed by atoms with Crippen LogP contribution in [0.2, 0.25) is 0 Å². The van der Waals surface area contributed by atoms with Gasteiger partial charge in [-0.25, -0.2) is 5.43 Å². The van der Waals surface area contributed by atoms with E-state index in [2.05, 4.69) is 10.5 Å². The van der Waals surface area contributed by atoms with E-state index in [4.69, 9.17) is 9.47 Å². The molecule has 0 unspecified atom stereocenters. The van der Waals surface area contributed by atoms with E-state index in [-0.39, 0.29) is 11.7 Å². The average Bonchev–Trinajstić information content (AvgIpc) is 2.63. The van der Waals surface area contributed by atoms with Gasteiger partial charge in [0.1, 0.15) is 5.75 Å². The Bertz CT molecular complexity index is 732. The molecule has 0 radical (unpaired) electrons. The summed E-state index contributed by atoms with van der Waals surface area (Å²) >= 11 is 1.50. The van der Waals surface area contributed by atoms with Gasteiger partial charge >= 0.3 is 0 Å². The van der Waals surface area contributed by atoms with E-state index in [1.54, 1.807) is 19.2 Å². The highest BCUT2D eigenvalue weighted by Gasteiger charge is 2.03. The summed E-state index contributed by atoms with van der Waals surface area (Å²) in [6.45, 7) is 0. The lowest BCUT2D eigenvalue weighted by molar-refractivity contribution is -0.118. The highest BCUT2D eigenvalue weighted by atomic mass is 32.2. The number of aromatic hydroxyl groups is 1. The maximum atomic E-state index is 11.8. The van der Waals surface area contributed by atoms with Crippen LogP contribution in [0.25, 0.3) is 0 Å². The zero-order chi connectivity index (χ0) is 18.1. The average molecular weight is 360 g/mol. The fourth-order valence-electron chi connectivity index (χ4n) is 1.97. The standard InChI is InChI=1S/C18H20N2O4S/c1-23-15-6-3-13(4-7-15)11-25-12-18(22)20-19-10-14-5-8-16(21)17(9-14)24-2/h3-10,21H,11-12H2,1-2H3,(H,20,22)/b19-10-. The third-order valence-corrected chi connectivity index (χ3v) is 4.27. The lowest BCUT2D eigenvalue weighted by atomic mass is 10.2. The predicted molar refractivity (Wildman–Crippen MR) is 99.6 cm³/mol. The van der Waals surface area contributed by atoms with Gasteiger partial charge in [0.15, 0.2) is 11.5 Å². The molecule has 0 aliphatic rings. The molecule has 0 aromatic heterocycles. The van der Waals surface area contributed by atoms with Crippen molar-refractivity contribution in [1.82, 2.24) is 5.43 Å². The van der Waals surface area contributed by atoms with Gasteiger partial charge in [-0.2, -0.15) is 5.10 Å². The van der Waals surface area contributed by atoms with Crippen LogP contribution in [0.3, 0.4) is 0 Å². The predicted octanol–water partition coefficient (Wildman–Crippen LogP) is 2.79. The van der Waals surface area contributed by atoms with E-state index in [1.807, 2.05) is 24.3 Å². The van der Waals surface area contributed by atoms with Crippen molar-refractivity contribution in [2.24, 2.45) is 5.10 Å². The number of hydrogen-bond acceptors (Lipinski definition) is 6. The topological polar surface area (TPSA) is 80.2 Å². The van der Waals surface area contributed by atoms with Crippen molar-refractivity contribution in [3.8, 4) is 17.2 Å². The number of benzene rings is 2. The molecule has 2 aromatic carbocycles. The maximum absolute atomic E-state index is 11.8. The zero-order valence-electron chi connectivity index (χ0n) is 14.1. The number of hydrogen-bond donors (Lipinski definition) is 2. The molecule has 25 heavy (non-hydrogen) atoms. The number of nitrogens with one attached hydrogen (secondary N) is 1. The molecule has 6 nitrogen and oxygen atoms in total. The third-order valence-electron chi connectivity index (χ3n) is 3.27. The minimum atomic E-state index is -0.180. The van der Waals surface area contributed by atoms with Gasteiger partial charge < -0.3 is 14.6 Å². The van der Waals surface area contributed by atoms with Crippen LogP contribution in [0.1, 0.15) is 11.1 Å². The summed E-state index contributed by atoms with van der Waals surface area (Å²) in [5.74, 6) is 2.08. The minimum absolute atomic E-state index is 0.0543. The van der Waals surface area contributed by atoms with E-state index in [0.29, 0.717) is 17.1 Å². The van der Waals surface area contributed by atoms with Crippen LogP contribution in [0.15, 0.2) is 47.6 Å². The molecular weight excluding hydrogens is 340 g/mol. The summed E-state index contributed by atoms with van der Waals surface area (Å²) in [5.41, 5.74) is 4.31. The molecule has 0 heterocycles. The number of thioether (sulfide) groups is 1. The molecule has 2 N–H and O–H groups in total. The van der Waals surface area contributed by atoms with Crippen LogP contribution in [0.4, 0.5) is 0 Å². The quantitative estimate of drug-likeness (QED) is 0.559.